The number of rotatable bonds is 4. The Kier molecular flexibility index (Phi) is 5.71. The van der Waals surface area contributed by atoms with Crippen molar-refractivity contribution in [2.75, 3.05) is 14.2 Å². The van der Waals surface area contributed by atoms with E-state index in [0.29, 0.717) is 23.9 Å². The van der Waals surface area contributed by atoms with Crippen molar-refractivity contribution in [3.8, 4) is 0 Å². The molecule has 4 aliphatic rings. The zero-order valence-corrected chi connectivity index (χ0v) is 21.0. The average Bonchev–Trinajstić information content (AvgIpc) is 2.99. The van der Waals surface area contributed by atoms with Crippen LogP contribution >= 0.6 is 0 Å². The molecule has 168 valence electrons. The summed E-state index contributed by atoms with van der Waals surface area (Å²) in [6.45, 7) is 12.0. The molecule has 0 spiro atoms. The van der Waals surface area contributed by atoms with E-state index in [9.17, 15) is 0 Å². The van der Waals surface area contributed by atoms with E-state index in [0.717, 1.165) is 25.0 Å². The van der Waals surface area contributed by atoms with Gasteiger partial charge in [0.1, 0.15) is 14.2 Å². The zero-order valence-electron chi connectivity index (χ0n) is 20.0. The lowest BCUT2D eigenvalue weighted by atomic mass is 9.46. The van der Waals surface area contributed by atoms with Gasteiger partial charge in [0.2, 0.25) is 0 Å². The summed E-state index contributed by atoms with van der Waals surface area (Å²) in [4.78, 5) is 10.4. The molecule has 0 bridgehead atoms. The molecule has 0 heterocycles. The second-order valence-corrected chi connectivity index (χ2v) is 15.8. The monoisotopic (exact) mass is 432 g/mol. The van der Waals surface area contributed by atoms with Crippen molar-refractivity contribution in [3.63, 3.8) is 0 Å². The number of oxime groups is 2. The average molecular weight is 433 g/mol. The molecule has 0 aromatic rings. The summed E-state index contributed by atoms with van der Waals surface area (Å²) in [5, 5.41) is 8.77. The standard InChI is InChI=1S/C24H40N2O3Si/c1-23-12-10-17(25-27-3)14-16(23)15-20(29-30(5,6)7)22-18-8-9-21(26-28-4)24(18,2)13-11-19(22)23/h14,18-20,22H,8-13,15H2,1-7H3/b25-17+,26-21+/t18-,19-,20?,22-,23-,24-/m0/s1. The first-order chi connectivity index (χ1) is 14.1. The van der Waals surface area contributed by atoms with Gasteiger partial charge in [-0.2, -0.15) is 0 Å². The fourth-order valence-electron chi connectivity index (χ4n) is 7.33. The molecule has 3 fully saturated rings. The molecule has 0 aromatic carbocycles. The van der Waals surface area contributed by atoms with Gasteiger partial charge in [0.25, 0.3) is 0 Å². The Morgan fingerprint density at radius 3 is 2.30 bits per heavy atom. The highest BCUT2D eigenvalue weighted by Gasteiger charge is 2.61. The van der Waals surface area contributed by atoms with Crippen LogP contribution in [0.25, 0.3) is 0 Å². The van der Waals surface area contributed by atoms with E-state index >= 15 is 0 Å². The molecular weight excluding hydrogens is 392 g/mol. The molecule has 0 saturated heterocycles. The predicted molar refractivity (Wildman–Crippen MR) is 124 cm³/mol. The van der Waals surface area contributed by atoms with Crippen LogP contribution in [-0.4, -0.2) is 40.1 Å². The summed E-state index contributed by atoms with van der Waals surface area (Å²) in [5.41, 5.74) is 4.32. The first-order valence-corrected chi connectivity index (χ1v) is 15.1. The number of hydrogen-bond acceptors (Lipinski definition) is 5. The SMILES string of the molecule is CO/N=C1/C=C2CC(O[Si](C)(C)C)[C@@H]3[C@H](CC[C@]4(C)/C(=N/OC)CC[C@@H]34)[C@@]2(C)CC1. The molecule has 4 rings (SSSR count). The highest BCUT2D eigenvalue weighted by atomic mass is 28.4. The normalized spacial score (nSPS) is 43.6. The maximum absolute atomic E-state index is 6.94. The lowest BCUT2D eigenvalue weighted by molar-refractivity contribution is -0.0806. The van der Waals surface area contributed by atoms with Gasteiger partial charge in [0.05, 0.1) is 17.5 Å². The molecule has 0 N–H and O–H groups in total. The summed E-state index contributed by atoms with van der Waals surface area (Å²) < 4.78 is 6.94. The molecule has 30 heavy (non-hydrogen) atoms. The van der Waals surface area contributed by atoms with E-state index in [1.54, 1.807) is 19.8 Å². The molecule has 3 saturated carbocycles. The van der Waals surface area contributed by atoms with Gasteiger partial charge < -0.3 is 14.1 Å². The van der Waals surface area contributed by atoms with E-state index in [2.05, 4.69) is 49.9 Å². The Balaban J connectivity index is 1.75. The fraction of sp³-hybridized carbons (Fsp3) is 0.833. The maximum Gasteiger partial charge on any atom is 0.184 e. The topological polar surface area (TPSA) is 52.4 Å². The van der Waals surface area contributed by atoms with Gasteiger partial charge in [-0.25, -0.2) is 0 Å². The molecule has 4 aliphatic carbocycles. The summed E-state index contributed by atoms with van der Waals surface area (Å²) in [5.74, 6) is 1.91. The molecular formula is C24H40N2O3Si. The summed E-state index contributed by atoms with van der Waals surface area (Å²) in [6, 6.07) is 0. The molecule has 0 aliphatic heterocycles. The van der Waals surface area contributed by atoms with Gasteiger partial charge >= 0.3 is 0 Å². The van der Waals surface area contributed by atoms with Crippen molar-refractivity contribution in [1.29, 1.82) is 0 Å². The van der Waals surface area contributed by atoms with E-state index in [4.69, 9.17) is 14.1 Å². The van der Waals surface area contributed by atoms with Crippen LogP contribution < -0.4 is 0 Å². The molecule has 1 unspecified atom stereocenters. The van der Waals surface area contributed by atoms with E-state index in [1.807, 2.05) is 0 Å². The van der Waals surface area contributed by atoms with E-state index in [-0.39, 0.29) is 10.8 Å². The molecule has 6 heteroatoms. The van der Waals surface area contributed by atoms with Crippen molar-refractivity contribution in [2.45, 2.75) is 84.5 Å². The van der Waals surface area contributed by atoms with Gasteiger partial charge in [-0.1, -0.05) is 29.7 Å². The van der Waals surface area contributed by atoms with Crippen LogP contribution in [0, 0.1) is 28.6 Å². The van der Waals surface area contributed by atoms with Crippen molar-refractivity contribution in [3.05, 3.63) is 11.6 Å². The Labute approximate surface area is 183 Å². The van der Waals surface area contributed by atoms with Gasteiger partial charge in [0, 0.05) is 5.41 Å². The smallest absolute Gasteiger partial charge is 0.184 e. The number of allylic oxidation sites excluding steroid dienone is 1. The third kappa shape index (κ3) is 3.58. The third-order valence-electron chi connectivity index (χ3n) is 8.63. The van der Waals surface area contributed by atoms with Crippen LogP contribution in [0.5, 0.6) is 0 Å². The second kappa shape index (κ2) is 7.77. The Morgan fingerprint density at radius 2 is 1.63 bits per heavy atom. The molecule has 6 atom stereocenters. The zero-order chi connectivity index (χ0) is 21.7. The van der Waals surface area contributed by atoms with E-state index in [1.165, 1.54) is 31.4 Å². The van der Waals surface area contributed by atoms with Crippen LogP contribution in [0.3, 0.4) is 0 Å². The van der Waals surface area contributed by atoms with Crippen LogP contribution in [0.2, 0.25) is 19.6 Å². The van der Waals surface area contributed by atoms with Crippen LogP contribution in [-0.2, 0) is 14.1 Å². The second-order valence-electron chi connectivity index (χ2n) is 11.3. The minimum atomic E-state index is -1.67. The lowest BCUT2D eigenvalue weighted by Crippen LogP contribution is -2.57. The van der Waals surface area contributed by atoms with Gasteiger partial charge in [-0.05, 0) is 93.8 Å². The number of nitrogens with zero attached hydrogens (tertiary/aromatic N) is 2. The lowest BCUT2D eigenvalue weighted by Gasteiger charge is -2.60. The largest absolute Gasteiger partial charge is 0.414 e. The quantitative estimate of drug-likeness (QED) is 0.418. The summed E-state index contributed by atoms with van der Waals surface area (Å²) >= 11 is 0. The minimum Gasteiger partial charge on any atom is -0.414 e. The van der Waals surface area contributed by atoms with Gasteiger partial charge in [0.15, 0.2) is 8.32 Å². The van der Waals surface area contributed by atoms with E-state index < -0.39 is 8.32 Å². The maximum atomic E-state index is 6.94. The summed E-state index contributed by atoms with van der Waals surface area (Å²) in [7, 11) is 1.66. The van der Waals surface area contributed by atoms with Gasteiger partial charge in [-0.15, -0.1) is 0 Å². The van der Waals surface area contributed by atoms with Gasteiger partial charge in [-0.3, -0.25) is 0 Å². The van der Waals surface area contributed by atoms with Crippen LogP contribution in [0.1, 0.15) is 58.8 Å². The van der Waals surface area contributed by atoms with Crippen LogP contribution in [0.4, 0.5) is 0 Å². The number of fused-ring (bicyclic) bond motifs is 5. The Hall–Kier alpha value is -1.14. The highest BCUT2D eigenvalue weighted by molar-refractivity contribution is 6.69. The first kappa shape index (κ1) is 22.1. The van der Waals surface area contributed by atoms with Crippen molar-refractivity contribution < 1.29 is 14.1 Å². The molecule has 0 amide bonds. The Bertz CT molecular complexity index is 771. The molecule has 0 radical (unpaired) electrons. The third-order valence-corrected chi connectivity index (χ3v) is 9.64. The summed E-state index contributed by atoms with van der Waals surface area (Å²) in [6.07, 6.45) is 10.6. The molecule has 0 aromatic heterocycles. The fourth-order valence-corrected chi connectivity index (χ4v) is 8.47. The van der Waals surface area contributed by atoms with Crippen molar-refractivity contribution >= 4 is 19.7 Å². The number of hydrogen-bond donors (Lipinski definition) is 0. The van der Waals surface area contributed by atoms with Crippen molar-refractivity contribution in [1.82, 2.24) is 0 Å². The van der Waals surface area contributed by atoms with Crippen LogP contribution in [0.15, 0.2) is 22.0 Å². The molecule has 5 nitrogen and oxygen atoms in total. The minimum absolute atomic E-state index is 0.160. The highest BCUT2D eigenvalue weighted by Crippen LogP contribution is 2.65. The van der Waals surface area contributed by atoms with Crippen molar-refractivity contribution in [2.24, 2.45) is 38.9 Å². The predicted octanol–water partition coefficient (Wildman–Crippen LogP) is 5.78. The first-order valence-electron chi connectivity index (χ1n) is 11.7. The Morgan fingerprint density at radius 1 is 0.933 bits per heavy atom.